The van der Waals surface area contributed by atoms with E-state index < -0.39 is 0 Å². The van der Waals surface area contributed by atoms with Gasteiger partial charge in [0.05, 0.1) is 17.1 Å². The molecule has 2 N–H and O–H groups in total. The number of nitrogens with one attached hydrogen (secondary N) is 2. The lowest BCUT2D eigenvalue weighted by atomic mass is 10.1. The van der Waals surface area contributed by atoms with Crippen LogP contribution in [0.2, 0.25) is 0 Å². The highest BCUT2D eigenvalue weighted by Crippen LogP contribution is 2.27. The number of nitrogens with zero attached hydrogens (tertiary/aromatic N) is 2. The number of anilines is 1. The van der Waals surface area contributed by atoms with E-state index in [1.165, 1.54) is 0 Å². The molecule has 0 radical (unpaired) electrons. The number of hydrogen-bond acceptors (Lipinski definition) is 3. The molecule has 0 aliphatic carbocycles. The first-order chi connectivity index (χ1) is 11.1. The van der Waals surface area contributed by atoms with Gasteiger partial charge in [-0.2, -0.15) is 5.10 Å². The Labute approximate surface area is 134 Å². The Balaban J connectivity index is 1.91. The fourth-order valence-electron chi connectivity index (χ4n) is 2.24. The standard InChI is InChI=1S/C18H18N4O/c1-12(2)18(23)21-16-4-3-10-19-17(16)14-7-5-13(6-8-14)15-9-11-20-22-15/h3-12H,1-2H3,(H,20,22)(H,21,23). The quantitative estimate of drug-likeness (QED) is 0.771. The predicted octanol–water partition coefficient (Wildman–Crippen LogP) is 3.73. The summed E-state index contributed by atoms with van der Waals surface area (Å²) in [5, 5.41) is 9.83. The minimum atomic E-state index is -0.0780. The van der Waals surface area contributed by atoms with Gasteiger partial charge in [0.2, 0.25) is 5.91 Å². The van der Waals surface area contributed by atoms with Crippen LogP contribution in [0.15, 0.2) is 54.9 Å². The summed E-state index contributed by atoms with van der Waals surface area (Å²) in [7, 11) is 0. The molecule has 23 heavy (non-hydrogen) atoms. The second-order valence-corrected chi connectivity index (χ2v) is 5.59. The Morgan fingerprint density at radius 1 is 1.04 bits per heavy atom. The molecule has 0 saturated carbocycles. The van der Waals surface area contributed by atoms with Crippen LogP contribution in [-0.4, -0.2) is 21.1 Å². The molecular formula is C18H18N4O. The highest BCUT2D eigenvalue weighted by atomic mass is 16.1. The van der Waals surface area contributed by atoms with E-state index in [0.29, 0.717) is 0 Å². The largest absolute Gasteiger partial charge is 0.324 e. The summed E-state index contributed by atoms with van der Waals surface area (Å²) in [5.74, 6) is -0.0980. The molecule has 0 fully saturated rings. The summed E-state index contributed by atoms with van der Waals surface area (Å²) in [6, 6.07) is 13.6. The SMILES string of the molecule is CC(C)C(=O)Nc1cccnc1-c1ccc(-c2ccn[nH]2)cc1. The molecule has 0 spiro atoms. The van der Waals surface area contributed by atoms with Crippen LogP contribution in [0.25, 0.3) is 22.5 Å². The molecule has 2 heterocycles. The van der Waals surface area contributed by atoms with E-state index in [1.54, 1.807) is 12.4 Å². The van der Waals surface area contributed by atoms with Gasteiger partial charge in [-0.3, -0.25) is 14.9 Å². The van der Waals surface area contributed by atoms with Crippen LogP contribution in [0.3, 0.4) is 0 Å². The summed E-state index contributed by atoms with van der Waals surface area (Å²) in [6.45, 7) is 3.73. The van der Waals surface area contributed by atoms with Crippen molar-refractivity contribution in [1.82, 2.24) is 15.2 Å². The van der Waals surface area contributed by atoms with Crippen molar-refractivity contribution in [3.05, 3.63) is 54.9 Å². The van der Waals surface area contributed by atoms with Gasteiger partial charge in [-0.15, -0.1) is 0 Å². The van der Waals surface area contributed by atoms with Crippen LogP contribution in [0.5, 0.6) is 0 Å². The van der Waals surface area contributed by atoms with Crippen LogP contribution in [0.1, 0.15) is 13.8 Å². The third kappa shape index (κ3) is 3.29. The zero-order valence-corrected chi connectivity index (χ0v) is 13.1. The molecule has 116 valence electrons. The molecule has 0 atom stereocenters. The monoisotopic (exact) mass is 306 g/mol. The van der Waals surface area contributed by atoms with Gasteiger partial charge >= 0.3 is 0 Å². The molecule has 2 aromatic heterocycles. The molecule has 5 heteroatoms. The van der Waals surface area contributed by atoms with E-state index in [0.717, 1.165) is 28.2 Å². The number of aromatic nitrogens is 3. The van der Waals surface area contributed by atoms with E-state index >= 15 is 0 Å². The van der Waals surface area contributed by atoms with Crippen molar-refractivity contribution in [2.75, 3.05) is 5.32 Å². The summed E-state index contributed by atoms with van der Waals surface area (Å²) in [6.07, 6.45) is 3.45. The molecule has 3 aromatic rings. The van der Waals surface area contributed by atoms with Gasteiger partial charge in [0.15, 0.2) is 0 Å². The van der Waals surface area contributed by atoms with Crippen molar-refractivity contribution < 1.29 is 4.79 Å². The molecule has 0 aliphatic rings. The highest BCUT2D eigenvalue weighted by Gasteiger charge is 2.12. The van der Waals surface area contributed by atoms with E-state index in [4.69, 9.17) is 0 Å². The third-order valence-corrected chi connectivity index (χ3v) is 3.56. The summed E-state index contributed by atoms with van der Waals surface area (Å²) in [4.78, 5) is 16.4. The number of hydrogen-bond donors (Lipinski definition) is 2. The van der Waals surface area contributed by atoms with Gasteiger partial charge in [0.25, 0.3) is 0 Å². The Morgan fingerprint density at radius 2 is 1.78 bits per heavy atom. The van der Waals surface area contributed by atoms with E-state index in [1.807, 2.05) is 56.3 Å². The molecule has 0 aliphatic heterocycles. The first-order valence-corrected chi connectivity index (χ1v) is 7.51. The fourth-order valence-corrected chi connectivity index (χ4v) is 2.24. The van der Waals surface area contributed by atoms with Gasteiger partial charge in [-0.05, 0) is 23.8 Å². The van der Waals surface area contributed by atoms with Crippen molar-refractivity contribution >= 4 is 11.6 Å². The van der Waals surface area contributed by atoms with Gasteiger partial charge in [0.1, 0.15) is 0 Å². The molecule has 0 unspecified atom stereocenters. The van der Waals surface area contributed by atoms with Crippen molar-refractivity contribution in [2.45, 2.75) is 13.8 Å². The second-order valence-electron chi connectivity index (χ2n) is 5.59. The molecule has 0 bridgehead atoms. The minimum absolute atomic E-state index is 0.0201. The van der Waals surface area contributed by atoms with E-state index in [-0.39, 0.29) is 11.8 Å². The maximum absolute atomic E-state index is 12.0. The van der Waals surface area contributed by atoms with Crippen molar-refractivity contribution in [3.63, 3.8) is 0 Å². The Kier molecular flexibility index (Phi) is 4.19. The van der Waals surface area contributed by atoms with Gasteiger partial charge in [0, 0.05) is 23.9 Å². The molecule has 1 amide bonds. The fraction of sp³-hybridized carbons (Fsp3) is 0.167. The van der Waals surface area contributed by atoms with Crippen LogP contribution >= 0.6 is 0 Å². The maximum atomic E-state index is 12.0. The highest BCUT2D eigenvalue weighted by molar-refractivity contribution is 5.95. The molecule has 1 aromatic carbocycles. The lowest BCUT2D eigenvalue weighted by Crippen LogP contribution is -2.18. The zero-order chi connectivity index (χ0) is 16.2. The zero-order valence-electron chi connectivity index (χ0n) is 13.1. The molecule has 3 rings (SSSR count). The predicted molar refractivity (Wildman–Crippen MR) is 90.7 cm³/mol. The number of H-pyrrole nitrogens is 1. The Morgan fingerprint density at radius 3 is 2.43 bits per heavy atom. The summed E-state index contributed by atoms with van der Waals surface area (Å²) < 4.78 is 0. The number of rotatable bonds is 4. The minimum Gasteiger partial charge on any atom is -0.324 e. The number of carbonyl (C=O) groups excluding carboxylic acids is 1. The average Bonchev–Trinajstić information content (AvgIpc) is 3.10. The van der Waals surface area contributed by atoms with Crippen LogP contribution in [0.4, 0.5) is 5.69 Å². The Bertz CT molecular complexity index is 792. The summed E-state index contributed by atoms with van der Waals surface area (Å²) >= 11 is 0. The van der Waals surface area contributed by atoms with Gasteiger partial charge in [-0.25, -0.2) is 0 Å². The molecule has 5 nitrogen and oxygen atoms in total. The smallest absolute Gasteiger partial charge is 0.226 e. The van der Waals surface area contributed by atoms with Gasteiger partial charge in [-0.1, -0.05) is 38.1 Å². The number of pyridine rings is 1. The lowest BCUT2D eigenvalue weighted by Gasteiger charge is -2.12. The van der Waals surface area contributed by atoms with Crippen molar-refractivity contribution in [1.29, 1.82) is 0 Å². The third-order valence-electron chi connectivity index (χ3n) is 3.56. The number of amides is 1. The normalized spacial score (nSPS) is 10.7. The van der Waals surface area contributed by atoms with E-state index in [2.05, 4.69) is 20.5 Å². The van der Waals surface area contributed by atoms with Crippen LogP contribution < -0.4 is 5.32 Å². The Hall–Kier alpha value is -2.95. The summed E-state index contributed by atoms with van der Waals surface area (Å²) in [5.41, 5.74) is 4.45. The lowest BCUT2D eigenvalue weighted by molar-refractivity contribution is -0.118. The number of aromatic amines is 1. The van der Waals surface area contributed by atoms with Crippen LogP contribution in [-0.2, 0) is 4.79 Å². The van der Waals surface area contributed by atoms with Crippen molar-refractivity contribution in [2.24, 2.45) is 5.92 Å². The second kappa shape index (κ2) is 6.44. The van der Waals surface area contributed by atoms with E-state index in [9.17, 15) is 4.79 Å². The van der Waals surface area contributed by atoms with Gasteiger partial charge < -0.3 is 5.32 Å². The number of carbonyl (C=O) groups is 1. The molecular weight excluding hydrogens is 288 g/mol. The molecule has 0 saturated heterocycles. The average molecular weight is 306 g/mol. The maximum Gasteiger partial charge on any atom is 0.226 e. The first-order valence-electron chi connectivity index (χ1n) is 7.51. The number of benzene rings is 1. The van der Waals surface area contributed by atoms with Crippen molar-refractivity contribution in [3.8, 4) is 22.5 Å². The first kappa shape index (κ1) is 15.0. The van der Waals surface area contributed by atoms with Crippen LogP contribution in [0, 0.1) is 5.92 Å². The topological polar surface area (TPSA) is 70.7 Å².